The van der Waals surface area contributed by atoms with Crippen molar-refractivity contribution in [2.24, 2.45) is 0 Å². The topological polar surface area (TPSA) is 43.4 Å². The summed E-state index contributed by atoms with van der Waals surface area (Å²) in [6.07, 6.45) is 21.9. The Bertz CT molecular complexity index is 321. The van der Waals surface area contributed by atoms with Crippen LogP contribution >= 0.6 is 0 Å². The summed E-state index contributed by atoms with van der Waals surface area (Å²) in [5.41, 5.74) is 0. The van der Waals surface area contributed by atoms with Crippen molar-refractivity contribution in [2.75, 3.05) is 13.1 Å². The molecule has 0 N–H and O–H groups in total. The molecule has 1 atom stereocenters. The molecule has 0 saturated heterocycles. The Kier molecular flexibility index (Phi) is 26.2. The maximum absolute atomic E-state index is 11.0. The Hall–Kier alpha value is 0.0274. The van der Waals surface area contributed by atoms with Crippen molar-refractivity contribution in [3.05, 3.63) is 0 Å². The average Bonchev–Trinajstić information content (AvgIpc) is 2.68. The molecule has 29 heavy (non-hydrogen) atoms. The minimum Gasteiger partial charge on any atom is -0.550 e. The van der Waals surface area contributed by atoms with Crippen LogP contribution in [0.3, 0.4) is 0 Å². The molecule has 1 unspecified atom stereocenters. The van der Waals surface area contributed by atoms with Crippen LogP contribution in [0.15, 0.2) is 0 Å². The number of unbranched alkanes of at least 4 members (excludes halogenated alkanes) is 12. The van der Waals surface area contributed by atoms with E-state index in [1.807, 2.05) is 0 Å². The standard InChI is InChI=1S/C25H51NO2.Li/c1-4-7-9-11-13-15-17-22-26(23-18-16-14-12-10-8-5-2)24(19-6-3)20-21-25(27)28;/h24H,4-23H2,1-3H3,(H,27,28);/q;+1/p-1. The minimum absolute atomic E-state index is 0. The smallest absolute Gasteiger partial charge is 0.550 e. The second-order valence-corrected chi connectivity index (χ2v) is 8.63. The van der Waals surface area contributed by atoms with Gasteiger partial charge in [-0.25, -0.2) is 0 Å². The molecule has 4 heteroatoms. The fourth-order valence-electron chi connectivity index (χ4n) is 4.15. The minimum atomic E-state index is -0.895. The second kappa shape index (κ2) is 24.3. The third kappa shape index (κ3) is 21.1. The summed E-state index contributed by atoms with van der Waals surface area (Å²) >= 11 is 0. The first-order valence-electron chi connectivity index (χ1n) is 12.6. The maximum Gasteiger partial charge on any atom is 1.00 e. The van der Waals surface area contributed by atoms with Gasteiger partial charge in [0.1, 0.15) is 0 Å². The van der Waals surface area contributed by atoms with E-state index in [1.54, 1.807) is 0 Å². The van der Waals surface area contributed by atoms with Crippen molar-refractivity contribution in [1.82, 2.24) is 4.90 Å². The van der Waals surface area contributed by atoms with Crippen LogP contribution in [0.1, 0.15) is 136 Å². The first-order chi connectivity index (χ1) is 13.7. The summed E-state index contributed by atoms with van der Waals surface area (Å²) in [6.45, 7) is 9.03. The van der Waals surface area contributed by atoms with E-state index in [4.69, 9.17) is 0 Å². The van der Waals surface area contributed by atoms with Gasteiger partial charge in [0.25, 0.3) is 0 Å². The Morgan fingerprint density at radius 2 is 1.07 bits per heavy atom. The number of carbonyl (C=O) groups excluding carboxylic acids is 1. The van der Waals surface area contributed by atoms with Crippen LogP contribution in [0.5, 0.6) is 0 Å². The van der Waals surface area contributed by atoms with E-state index in [-0.39, 0.29) is 25.3 Å². The zero-order valence-corrected chi connectivity index (χ0v) is 20.5. The van der Waals surface area contributed by atoms with Gasteiger partial charge in [0, 0.05) is 12.0 Å². The molecule has 3 nitrogen and oxygen atoms in total. The average molecular weight is 404 g/mol. The van der Waals surface area contributed by atoms with E-state index in [0.29, 0.717) is 6.04 Å². The van der Waals surface area contributed by atoms with Crippen molar-refractivity contribution < 1.29 is 28.8 Å². The van der Waals surface area contributed by atoms with Crippen molar-refractivity contribution in [3.63, 3.8) is 0 Å². The number of aliphatic carboxylic acids is 1. The van der Waals surface area contributed by atoms with Crippen molar-refractivity contribution >= 4 is 5.97 Å². The molecular formula is C25H50LiNO2. The number of hydrogen-bond donors (Lipinski definition) is 0. The summed E-state index contributed by atoms with van der Waals surface area (Å²) in [6, 6.07) is 0.420. The number of carbonyl (C=O) groups is 1. The Morgan fingerprint density at radius 1 is 0.655 bits per heavy atom. The molecule has 0 heterocycles. The SMILES string of the molecule is CCCCCCCCCN(CCCCCCCCC)C(CCC)CCC(=O)[O-].[Li+]. The molecule has 168 valence electrons. The van der Waals surface area contributed by atoms with E-state index in [9.17, 15) is 9.90 Å². The molecule has 0 bridgehead atoms. The normalized spacial score (nSPS) is 12.1. The predicted molar refractivity (Wildman–Crippen MR) is 120 cm³/mol. The summed E-state index contributed by atoms with van der Waals surface area (Å²) < 4.78 is 0. The Balaban J connectivity index is 0. The van der Waals surface area contributed by atoms with Gasteiger partial charge >= 0.3 is 18.9 Å². The molecule has 0 fully saturated rings. The van der Waals surface area contributed by atoms with Crippen molar-refractivity contribution in [2.45, 2.75) is 142 Å². The van der Waals surface area contributed by atoms with Crippen LogP contribution in [0.2, 0.25) is 0 Å². The van der Waals surface area contributed by atoms with E-state index in [0.717, 1.165) is 32.4 Å². The molecule has 0 aliphatic heterocycles. The third-order valence-electron chi connectivity index (χ3n) is 5.92. The molecule has 0 aromatic carbocycles. The van der Waals surface area contributed by atoms with E-state index in [2.05, 4.69) is 25.7 Å². The maximum atomic E-state index is 11.0. The molecular weight excluding hydrogens is 353 g/mol. The first kappa shape index (κ1) is 31.2. The van der Waals surface area contributed by atoms with Crippen LogP contribution in [0.25, 0.3) is 0 Å². The van der Waals surface area contributed by atoms with Gasteiger partial charge in [-0.3, -0.25) is 0 Å². The van der Waals surface area contributed by atoms with E-state index >= 15 is 0 Å². The van der Waals surface area contributed by atoms with Crippen LogP contribution in [-0.4, -0.2) is 30.0 Å². The zero-order chi connectivity index (χ0) is 20.9. The monoisotopic (exact) mass is 403 g/mol. The molecule has 0 aromatic rings. The largest absolute Gasteiger partial charge is 1.00 e. The van der Waals surface area contributed by atoms with Crippen LogP contribution in [0, 0.1) is 0 Å². The molecule has 0 amide bonds. The quantitative estimate of drug-likeness (QED) is 0.205. The third-order valence-corrected chi connectivity index (χ3v) is 5.92. The Labute approximate surface area is 195 Å². The van der Waals surface area contributed by atoms with Gasteiger partial charge in [0.15, 0.2) is 0 Å². The van der Waals surface area contributed by atoms with E-state index in [1.165, 1.54) is 89.9 Å². The number of hydrogen-bond acceptors (Lipinski definition) is 3. The van der Waals surface area contributed by atoms with Crippen LogP contribution < -0.4 is 24.0 Å². The summed E-state index contributed by atoms with van der Waals surface area (Å²) in [5.74, 6) is -0.895. The molecule has 0 aliphatic rings. The second-order valence-electron chi connectivity index (χ2n) is 8.63. The van der Waals surface area contributed by atoms with Gasteiger partial charge in [-0.05, 0) is 45.2 Å². The van der Waals surface area contributed by atoms with Gasteiger partial charge in [-0.2, -0.15) is 0 Å². The van der Waals surface area contributed by atoms with Gasteiger partial charge in [-0.1, -0.05) is 104 Å². The number of nitrogens with zero attached hydrogens (tertiary/aromatic N) is 1. The molecule has 0 saturated carbocycles. The number of carboxylic acids is 1. The van der Waals surface area contributed by atoms with Gasteiger partial charge < -0.3 is 14.8 Å². The molecule has 0 spiro atoms. The van der Waals surface area contributed by atoms with Gasteiger partial charge in [0.05, 0.1) is 0 Å². The fourth-order valence-corrected chi connectivity index (χ4v) is 4.15. The predicted octanol–water partition coefficient (Wildman–Crippen LogP) is 3.49. The summed E-state index contributed by atoms with van der Waals surface area (Å²) in [5, 5.41) is 11.0. The summed E-state index contributed by atoms with van der Waals surface area (Å²) in [7, 11) is 0. The zero-order valence-electron chi connectivity index (χ0n) is 20.5. The van der Waals surface area contributed by atoms with Gasteiger partial charge in [0.2, 0.25) is 0 Å². The fraction of sp³-hybridized carbons (Fsp3) is 0.960. The number of carboxylic acid groups (broad SMARTS) is 1. The van der Waals surface area contributed by atoms with Crippen molar-refractivity contribution in [3.8, 4) is 0 Å². The van der Waals surface area contributed by atoms with E-state index < -0.39 is 5.97 Å². The van der Waals surface area contributed by atoms with Crippen molar-refractivity contribution in [1.29, 1.82) is 0 Å². The Morgan fingerprint density at radius 3 is 1.45 bits per heavy atom. The molecule has 0 radical (unpaired) electrons. The molecule has 0 aliphatic carbocycles. The number of rotatable bonds is 22. The van der Waals surface area contributed by atoms with Crippen LogP contribution in [0.4, 0.5) is 0 Å². The first-order valence-corrected chi connectivity index (χ1v) is 12.6. The molecule has 0 rings (SSSR count). The van der Waals surface area contributed by atoms with Gasteiger partial charge in [-0.15, -0.1) is 0 Å². The van der Waals surface area contributed by atoms with Crippen LogP contribution in [-0.2, 0) is 4.79 Å². The molecule has 0 aromatic heterocycles. The summed E-state index contributed by atoms with van der Waals surface area (Å²) in [4.78, 5) is 13.6.